The summed E-state index contributed by atoms with van der Waals surface area (Å²) in [6.45, 7) is 7.70. The van der Waals surface area contributed by atoms with Crippen molar-refractivity contribution in [1.29, 1.82) is 0 Å². The van der Waals surface area contributed by atoms with Gasteiger partial charge in [0.2, 0.25) is 0 Å². The highest BCUT2D eigenvalue weighted by molar-refractivity contribution is 7.80. The molecular formula is C19H25FN2O3S. The molecule has 0 bridgehead atoms. The molecule has 0 spiro atoms. The van der Waals surface area contributed by atoms with E-state index in [1.807, 2.05) is 18.7 Å². The first-order valence-corrected chi connectivity index (χ1v) is 9.19. The third kappa shape index (κ3) is 4.80. The Bertz CT molecular complexity index is 693. The highest BCUT2D eigenvalue weighted by Gasteiger charge is 2.34. The molecule has 0 radical (unpaired) electrons. The van der Waals surface area contributed by atoms with Crippen molar-refractivity contribution in [2.75, 3.05) is 26.4 Å². The number of hydrogen-bond acceptors (Lipinski definition) is 4. The summed E-state index contributed by atoms with van der Waals surface area (Å²) in [6.07, 6.45) is 0.772. The van der Waals surface area contributed by atoms with E-state index in [1.165, 1.54) is 12.1 Å². The fourth-order valence-electron chi connectivity index (χ4n) is 2.93. The van der Waals surface area contributed by atoms with Crippen molar-refractivity contribution in [2.24, 2.45) is 0 Å². The molecule has 1 aromatic carbocycles. The Balaban J connectivity index is 2.35. The fraction of sp³-hybridized carbons (Fsp3) is 0.474. The first-order valence-electron chi connectivity index (χ1n) is 8.78. The number of nitrogens with zero attached hydrogens (tertiary/aromatic N) is 1. The summed E-state index contributed by atoms with van der Waals surface area (Å²) in [5, 5.41) is 3.66. The number of carbonyl (C=O) groups excluding carboxylic acids is 1. The number of thiocarbonyl (C=S) groups is 1. The second-order valence-corrected chi connectivity index (χ2v) is 6.25. The summed E-state index contributed by atoms with van der Waals surface area (Å²) in [5.74, 6) is -0.792. The smallest absolute Gasteiger partial charge is 0.338 e. The number of ether oxygens (including phenoxy) is 2. The van der Waals surface area contributed by atoms with Crippen LogP contribution in [0.25, 0.3) is 0 Å². The van der Waals surface area contributed by atoms with Gasteiger partial charge in [-0.15, -0.1) is 0 Å². The lowest BCUT2D eigenvalue weighted by Crippen LogP contribution is -2.48. The third-order valence-corrected chi connectivity index (χ3v) is 4.49. The molecule has 5 nitrogen and oxygen atoms in total. The second kappa shape index (κ2) is 9.64. The van der Waals surface area contributed by atoms with Crippen LogP contribution in [0.4, 0.5) is 4.39 Å². The quantitative estimate of drug-likeness (QED) is 0.424. The zero-order valence-electron chi connectivity index (χ0n) is 15.4. The number of halogens is 1. The molecule has 0 aliphatic carbocycles. The predicted octanol–water partition coefficient (Wildman–Crippen LogP) is 3.32. The average Bonchev–Trinajstić information content (AvgIpc) is 2.60. The van der Waals surface area contributed by atoms with Crippen molar-refractivity contribution in [3.8, 4) is 0 Å². The maximum Gasteiger partial charge on any atom is 0.338 e. The SMILES string of the molecule is CCOCCCN1C(=S)N[C@H](c2cccc(F)c2)C(C(=O)OCC)=C1C. The molecule has 142 valence electrons. The first-order chi connectivity index (χ1) is 12.5. The highest BCUT2D eigenvalue weighted by atomic mass is 32.1. The minimum atomic E-state index is -0.541. The van der Waals surface area contributed by atoms with Crippen LogP contribution in [0.5, 0.6) is 0 Å². The predicted molar refractivity (Wildman–Crippen MR) is 102 cm³/mol. The number of rotatable bonds is 8. The Hall–Kier alpha value is -1.99. The normalized spacial score (nSPS) is 17.3. The molecule has 2 rings (SSSR count). The Morgan fingerprint density at radius 1 is 1.35 bits per heavy atom. The number of hydrogen-bond donors (Lipinski definition) is 1. The Kier molecular flexibility index (Phi) is 7.53. The maximum absolute atomic E-state index is 13.7. The van der Waals surface area contributed by atoms with E-state index in [4.69, 9.17) is 21.7 Å². The van der Waals surface area contributed by atoms with E-state index in [9.17, 15) is 9.18 Å². The van der Waals surface area contributed by atoms with Crippen LogP contribution in [0, 0.1) is 5.82 Å². The van der Waals surface area contributed by atoms with Gasteiger partial charge in [0.05, 0.1) is 18.2 Å². The van der Waals surface area contributed by atoms with Gasteiger partial charge in [-0.25, -0.2) is 9.18 Å². The van der Waals surface area contributed by atoms with Crippen LogP contribution < -0.4 is 5.32 Å². The molecule has 26 heavy (non-hydrogen) atoms. The molecule has 0 aromatic heterocycles. The van der Waals surface area contributed by atoms with Gasteiger partial charge >= 0.3 is 5.97 Å². The van der Waals surface area contributed by atoms with Gasteiger partial charge < -0.3 is 19.7 Å². The second-order valence-electron chi connectivity index (χ2n) is 5.86. The monoisotopic (exact) mass is 380 g/mol. The summed E-state index contributed by atoms with van der Waals surface area (Å²) in [5.41, 5.74) is 1.80. The summed E-state index contributed by atoms with van der Waals surface area (Å²) in [7, 11) is 0. The summed E-state index contributed by atoms with van der Waals surface area (Å²) in [6, 6.07) is 5.60. The van der Waals surface area contributed by atoms with Crippen molar-refractivity contribution >= 4 is 23.3 Å². The summed E-state index contributed by atoms with van der Waals surface area (Å²) < 4.78 is 24.3. The van der Waals surface area contributed by atoms with Crippen molar-refractivity contribution < 1.29 is 18.7 Å². The molecule has 7 heteroatoms. The zero-order valence-corrected chi connectivity index (χ0v) is 16.2. The Morgan fingerprint density at radius 2 is 2.12 bits per heavy atom. The van der Waals surface area contributed by atoms with Crippen LogP contribution in [-0.4, -0.2) is 42.3 Å². The van der Waals surface area contributed by atoms with Gasteiger partial charge in [0.15, 0.2) is 5.11 Å². The summed E-state index contributed by atoms with van der Waals surface area (Å²) in [4.78, 5) is 14.5. The van der Waals surface area contributed by atoms with Crippen LogP contribution in [0.15, 0.2) is 35.5 Å². The van der Waals surface area contributed by atoms with Crippen LogP contribution in [0.2, 0.25) is 0 Å². The van der Waals surface area contributed by atoms with E-state index in [0.717, 1.165) is 12.1 Å². The molecule has 1 atom stereocenters. The van der Waals surface area contributed by atoms with Crippen LogP contribution in [-0.2, 0) is 14.3 Å². The largest absolute Gasteiger partial charge is 0.463 e. The van der Waals surface area contributed by atoms with E-state index < -0.39 is 12.0 Å². The molecule has 1 heterocycles. The van der Waals surface area contributed by atoms with Gasteiger partial charge in [0.25, 0.3) is 0 Å². The molecule has 0 saturated heterocycles. The highest BCUT2D eigenvalue weighted by Crippen LogP contribution is 2.31. The lowest BCUT2D eigenvalue weighted by molar-refractivity contribution is -0.139. The molecular weight excluding hydrogens is 355 g/mol. The van der Waals surface area contributed by atoms with Gasteiger partial charge in [-0.1, -0.05) is 12.1 Å². The van der Waals surface area contributed by atoms with Crippen molar-refractivity contribution in [3.63, 3.8) is 0 Å². The van der Waals surface area contributed by atoms with E-state index in [-0.39, 0.29) is 12.4 Å². The van der Waals surface area contributed by atoms with Gasteiger partial charge in [0.1, 0.15) is 5.82 Å². The van der Waals surface area contributed by atoms with E-state index in [2.05, 4.69) is 5.32 Å². The van der Waals surface area contributed by atoms with Gasteiger partial charge in [-0.3, -0.25) is 0 Å². The lowest BCUT2D eigenvalue weighted by atomic mass is 9.95. The maximum atomic E-state index is 13.7. The standard InChI is InChI=1S/C19H25FN2O3S/c1-4-24-11-7-10-22-13(3)16(18(23)25-5-2)17(21-19(22)26)14-8-6-9-15(20)12-14/h6,8-9,12,17H,4-5,7,10-11H2,1-3H3,(H,21,26)/t17-/m1/s1. The van der Waals surface area contributed by atoms with Crippen LogP contribution >= 0.6 is 12.2 Å². The molecule has 0 saturated carbocycles. The molecule has 0 amide bonds. The molecule has 1 N–H and O–H groups in total. The van der Waals surface area contributed by atoms with Crippen LogP contribution in [0.3, 0.4) is 0 Å². The molecule has 0 unspecified atom stereocenters. The van der Waals surface area contributed by atoms with Crippen molar-refractivity contribution in [2.45, 2.75) is 33.2 Å². The zero-order chi connectivity index (χ0) is 19.1. The molecule has 0 fully saturated rings. The number of nitrogens with one attached hydrogen (secondary N) is 1. The number of carbonyl (C=O) groups is 1. The third-order valence-electron chi connectivity index (χ3n) is 4.15. The molecule has 1 aromatic rings. The first kappa shape index (κ1) is 20.3. The van der Waals surface area contributed by atoms with Crippen molar-refractivity contribution in [1.82, 2.24) is 10.2 Å². The fourth-order valence-corrected chi connectivity index (χ4v) is 3.28. The van der Waals surface area contributed by atoms with Gasteiger partial charge in [-0.05, 0) is 57.1 Å². The van der Waals surface area contributed by atoms with Gasteiger partial charge in [0, 0.05) is 25.5 Å². The Labute approximate surface area is 159 Å². The summed E-state index contributed by atoms with van der Waals surface area (Å²) >= 11 is 5.49. The van der Waals surface area contributed by atoms with Gasteiger partial charge in [-0.2, -0.15) is 0 Å². The topological polar surface area (TPSA) is 50.8 Å². The Morgan fingerprint density at radius 3 is 2.77 bits per heavy atom. The van der Waals surface area contributed by atoms with E-state index in [1.54, 1.807) is 19.1 Å². The minimum absolute atomic E-state index is 0.264. The van der Waals surface area contributed by atoms with E-state index in [0.29, 0.717) is 36.0 Å². The van der Waals surface area contributed by atoms with E-state index >= 15 is 0 Å². The van der Waals surface area contributed by atoms with Crippen molar-refractivity contribution in [3.05, 3.63) is 46.9 Å². The number of benzene rings is 1. The average molecular weight is 380 g/mol. The minimum Gasteiger partial charge on any atom is -0.463 e. The lowest BCUT2D eigenvalue weighted by Gasteiger charge is -2.37. The number of allylic oxidation sites excluding steroid dienone is 1. The molecule has 1 aliphatic heterocycles. The van der Waals surface area contributed by atoms with Crippen LogP contribution in [0.1, 0.15) is 38.8 Å². The number of esters is 1. The molecule has 1 aliphatic rings.